The Kier molecular flexibility index (Phi) is 5.72. The van der Waals surface area contributed by atoms with Crippen LogP contribution in [0.5, 0.6) is 0 Å². The van der Waals surface area contributed by atoms with Crippen molar-refractivity contribution in [1.82, 2.24) is 4.98 Å². The monoisotopic (exact) mass is 241 g/mol. The molecule has 0 saturated carbocycles. The molecule has 0 bridgehead atoms. The van der Waals surface area contributed by atoms with Crippen LogP contribution in [0.4, 0.5) is 0 Å². The van der Waals surface area contributed by atoms with Gasteiger partial charge in [0.1, 0.15) is 0 Å². The summed E-state index contributed by atoms with van der Waals surface area (Å²) in [6.07, 6.45) is 3.43. The van der Waals surface area contributed by atoms with Gasteiger partial charge in [-0.05, 0) is 37.0 Å². The van der Waals surface area contributed by atoms with Crippen molar-refractivity contribution in [2.75, 3.05) is 0 Å². The van der Waals surface area contributed by atoms with Gasteiger partial charge in [-0.2, -0.15) is 0 Å². The third-order valence-corrected chi connectivity index (χ3v) is 2.51. The van der Waals surface area contributed by atoms with Crippen molar-refractivity contribution in [1.29, 1.82) is 0 Å². The standard InChI is InChI=1S/C12H13NO2.K/c14-12(15)6-2-4-9-3-1-5-11-10(9)7-8-13-11;/h1,3,5,7-8,13H,2,4,6H2,(H,14,15);/q;+1/p-1. The van der Waals surface area contributed by atoms with E-state index in [0.29, 0.717) is 6.42 Å². The minimum absolute atomic E-state index is 0. The van der Waals surface area contributed by atoms with Crippen molar-refractivity contribution in [3.8, 4) is 0 Å². The van der Waals surface area contributed by atoms with Crippen molar-refractivity contribution in [3.05, 3.63) is 36.0 Å². The molecule has 1 N–H and O–H groups in total. The van der Waals surface area contributed by atoms with Gasteiger partial charge in [-0.25, -0.2) is 0 Å². The van der Waals surface area contributed by atoms with Gasteiger partial charge in [0, 0.05) is 23.1 Å². The molecule has 0 aliphatic carbocycles. The first-order valence-electron chi connectivity index (χ1n) is 5.02. The molecule has 0 radical (unpaired) electrons. The van der Waals surface area contributed by atoms with E-state index in [2.05, 4.69) is 4.98 Å². The number of aromatic amines is 1. The molecule has 0 aliphatic heterocycles. The number of fused-ring (bicyclic) bond motifs is 1. The molecule has 0 saturated heterocycles. The minimum atomic E-state index is -0.976. The van der Waals surface area contributed by atoms with Gasteiger partial charge in [0.15, 0.2) is 0 Å². The maximum absolute atomic E-state index is 10.3. The molecule has 0 aliphatic rings. The molecule has 0 atom stereocenters. The minimum Gasteiger partial charge on any atom is -0.550 e. The summed E-state index contributed by atoms with van der Waals surface area (Å²) in [5, 5.41) is 11.5. The first-order valence-corrected chi connectivity index (χ1v) is 5.02. The third-order valence-electron chi connectivity index (χ3n) is 2.51. The quantitative estimate of drug-likeness (QED) is 0.645. The van der Waals surface area contributed by atoms with E-state index in [0.717, 1.165) is 11.9 Å². The van der Waals surface area contributed by atoms with E-state index in [1.165, 1.54) is 10.9 Å². The Labute approximate surface area is 137 Å². The molecule has 1 heterocycles. The summed E-state index contributed by atoms with van der Waals surface area (Å²) in [7, 11) is 0. The maximum atomic E-state index is 10.3. The van der Waals surface area contributed by atoms with Gasteiger partial charge in [-0.3, -0.25) is 0 Å². The predicted molar refractivity (Wildman–Crippen MR) is 56.2 cm³/mol. The number of hydrogen-bond donors (Lipinski definition) is 1. The van der Waals surface area contributed by atoms with E-state index in [-0.39, 0.29) is 57.8 Å². The number of carbonyl (C=O) groups excluding carboxylic acids is 1. The number of aromatic nitrogens is 1. The van der Waals surface area contributed by atoms with Gasteiger partial charge in [0.05, 0.1) is 0 Å². The Morgan fingerprint density at radius 3 is 2.88 bits per heavy atom. The van der Waals surface area contributed by atoms with E-state index in [9.17, 15) is 9.90 Å². The molecule has 16 heavy (non-hydrogen) atoms. The number of hydrogen-bond acceptors (Lipinski definition) is 2. The average Bonchev–Trinajstić information content (AvgIpc) is 2.65. The predicted octanol–water partition coefficient (Wildman–Crippen LogP) is -1.76. The molecule has 1 aromatic heterocycles. The van der Waals surface area contributed by atoms with Crippen LogP contribution >= 0.6 is 0 Å². The fourth-order valence-electron chi connectivity index (χ4n) is 1.79. The zero-order chi connectivity index (χ0) is 10.7. The topological polar surface area (TPSA) is 55.9 Å². The molecule has 4 heteroatoms. The van der Waals surface area contributed by atoms with Crippen LogP contribution in [-0.2, 0) is 11.2 Å². The van der Waals surface area contributed by atoms with Gasteiger partial charge in [0.2, 0.25) is 0 Å². The van der Waals surface area contributed by atoms with Crippen LogP contribution in [0.2, 0.25) is 0 Å². The summed E-state index contributed by atoms with van der Waals surface area (Å²) in [5.74, 6) is -0.976. The Bertz CT molecular complexity index is 479. The van der Waals surface area contributed by atoms with Gasteiger partial charge in [0.25, 0.3) is 0 Å². The number of carbonyl (C=O) groups is 1. The van der Waals surface area contributed by atoms with E-state index in [1.807, 2.05) is 30.5 Å². The number of nitrogens with one attached hydrogen (secondary N) is 1. The fraction of sp³-hybridized carbons (Fsp3) is 0.250. The summed E-state index contributed by atoms with van der Waals surface area (Å²) in [6.45, 7) is 0. The number of rotatable bonds is 4. The number of benzene rings is 1. The molecule has 2 rings (SSSR count). The van der Waals surface area contributed by atoms with E-state index in [4.69, 9.17) is 0 Å². The summed E-state index contributed by atoms with van der Waals surface area (Å²) < 4.78 is 0. The van der Waals surface area contributed by atoms with Crippen molar-refractivity contribution in [2.24, 2.45) is 0 Å². The van der Waals surface area contributed by atoms with Crippen LogP contribution in [0.3, 0.4) is 0 Å². The van der Waals surface area contributed by atoms with Crippen molar-refractivity contribution in [3.63, 3.8) is 0 Å². The summed E-state index contributed by atoms with van der Waals surface area (Å²) in [4.78, 5) is 13.4. The van der Waals surface area contributed by atoms with Crippen molar-refractivity contribution >= 4 is 16.9 Å². The maximum Gasteiger partial charge on any atom is 1.00 e. The molecule has 3 nitrogen and oxygen atoms in total. The molecule has 1 aromatic carbocycles. The summed E-state index contributed by atoms with van der Waals surface area (Å²) in [5.41, 5.74) is 2.29. The normalized spacial score (nSPS) is 10.0. The van der Waals surface area contributed by atoms with E-state index in [1.54, 1.807) is 0 Å². The largest absolute Gasteiger partial charge is 1.00 e. The first-order chi connectivity index (χ1) is 7.27. The number of carboxylic acids is 1. The van der Waals surface area contributed by atoms with Crippen molar-refractivity contribution in [2.45, 2.75) is 19.3 Å². The van der Waals surface area contributed by atoms with Crippen molar-refractivity contribution < 1.29 is 61.3 Å². The van der Waals surface area contributed by atoms with Crippen LogP contribution in [0.1, 0.15) is 18.4 Å². The molecular formula is C12H12KNO2. The smallest absolute Gasteiger partial charge is 0.550 e. The number of carboxylic acid groups (broad SMARTS) is 1. The third kappa shape index (κ3) is 3.43. The summed E-state index contributed by atoms with van der Waals surface area (Å²) >= 11 is 0. The zero-order valence-electron chi connectivity index (χ0n) is 9.32. The fourth-order valence-corrected chi connectivity index (χ4v) is 1.79. The SMILES string of the molecule is O=C([O-])CCCc1cccc2[nH]ccc12.[K+]. The number of aliphatic carboxylic acids is 1. The zero-order valence-corrected chi connectivity index (χ0v) is 12.4. The van der Waals surface area contributed by atoms with Crippen LogP contribution < -0.4 is 56.5 Å². The van der Waals surface area contributed by atoms with Crippen LogP contribution in [0, 0.1) is 0 Å². The van der Waals surface area contributed by atoms with Crippen LogP contribution in [0.25, 0.3) is 10.9 Å². The molecule has 0 fully saturated rings. The molecule has 0 spiro atoms. The summed E-state index contributed by atoms with van der Waals surface area (Å²) in [6, 6.07) is 8.04. The molecule has 2 aromatic rings. The van der Waals surface area contributed by atoms with Gasteiger partial charge in [-0.1, -0.05) is 12.1 Å². The van der Waals surface area contributed by atoms with Crippen LogP contribution in [0.15, 0.2) is 30.5 Å². The van der Waals surface area contributed by atoms with Gasteiger partial charge >= 0.3 is 51.4 Å². The Morgan fingerprint density at radius 1 is 1.31 bits per heavy atom. The van der Waals surface area contributed by atoms with E-state index >= 15 is 0 Å². The van der Waals surface area contributed by atoms with Gasteiger partial charge < -0.3 is 14.9 Å². The first kappa shape index (κ1) is 13.9. The average molecular weight is 241 g/mol. The van der Waals surface area contributed by atoms with Crippen LogP contribution in [-0.4, -0.2) is 11.0 Å². The molecule has 78 valence electrons. The Morgan fingerprint density at radius 2 is 2.12 bits per heavy atom. The molecule has 0 unspecified atom stereocenters. The Balaban J connectivity index is 0.00000128. The second-order valence-corrected chi connectivity index (χ2v) is 3.58. The second kappa shape index (κ2) is 6.57. The molecule has 0 amide bonds. The Hall–Kier alpha value is -0.134. The molecular weight excluding hydrogens is 229 g/mol. The number of aryl methyl sites for hydroxylation is 1. The number of H-pyrrole nitrogens is 1. The van der Waals surface area contributed by atoms with E-state index < -0.39 is 5.97 Å². The van der Waals surface area contributed by atoms with Gasteiger partial charge in [-0.15, -0.1) is 0 Å². The second-order valence-electron chi connectivity index (χ2n) is 3.58.